The molecule has 2 aromatic carbocycles. The number of benzene rings is 2. The van der Waals surface area contributed by atoms with Crippen LogP contribution in [0.15, 0.2) is 46.9 Å². The summed E-state index contributed by atoms with van der Waals surface area (Å²) >= 11 is 3.59. The van der Waals surface area contributed by atoms with E-state index in [1.807, 2.05) is 12.1 Å². The van der Waals surface area contributed by atoms with Crippen molar-refractivity contribution in [1.82, 2.24) is 19.4 Å². The van der Waals surface area contributed by atoms with E-state index in [0.717, 1.165) is 65.3 Å². The predicted molar refractivity (Wildman–Crippen MR) is 171 cm³/mol. The number of halogens is 1. The van der Waals surface area contributed by atoms with Gasteiger partial charge in [-0.3, -0.25) is 4.79 Å². The number of carbonyl (C=O) groups is 1. The minimum Gasteiger partial charge on any atom is -0.341 e. The third-order valence-electron chi connectivity index (χ3n) is 7.85. The van der Waals surface area contributed by atoms with Gasteiger partial charge >= 0.3 is 0 Å². The molecule has 0 bridgehead atoms. The van der Waals surface area contributed by atoms with Crippen LogP contribution in [0.4, 0.5) is 11.6 Å². The zero-order valence-corrected chi connectivity index (χ0v) is 26.9. The standard InChI is InChI=1S/C33H48BrN5O/c1-24(2)22-38(23-25(3)4)31(40)33(5,6)26-14-15-29-30(20-26)39(19-11-18-37-16-8-7-9-17-37)32(36-29)35-28-13-10-12-27(34)21-28/h10,12-15,20-21,24-25H,7-9,11,16-19,22-23H2,1-6H3,(H,35,36). The van der Waals surface area contributed by atoms with Gasteiger partial charge in [-0.2, -0.15) is 0 Å². The summed E-state index contributed by atoms with van der Waals surface area (Å²) in [5.74, 6) is 1.88. The Balaban J connectivity index is 1.66. The number of carbonyl (C=O) groups excluding carboxylic acids is 1. The smallest absolute Gasteiger partial charge is 0.232 e. The Bertz CT molecular complexity index is 1270. The summed E-state index contributed by atoms with van der Waals surface area (Å²) in [6, 6.07) is 14.6. The van der Waals surface area contributed by atoms with Gasteiger partial charge in [0.2, 0.25) is 11.9 Å². The van der Waals surface area contributed by atoms with E-state index in [0.29, 0.717) is 11.8 Å². The van der Waals surface area contributed by atoms with Gasteiger partial charge < -0.3 is 19.7 Å². The molecule has 6 nitrogen and oxygen atoms in total. The van der Waals surface area contributed by atoms with Crippen LogP contribution in [-0.2, 0) is 16.8 Å². The lowest BCUT2D eigenvalue weighted by molar-refractivity contribution is -0.137. The minimum atomic E-state index is -0.640. The number of hydrogen-bond acceptors (Lipinski definition) is 4. The number of amides is 1. The molecule has 0 unspecified atom stereocenters. The molecule has 218 valence electrons. The summed E-state index contributed by atoms with van der Waals surface area (Å²) in [4.78, 5) is 23.6. The number of nitrogens with one attached hydrogen (secondary N) is 1. The van der Waals surface area contributed by atoms with Crippen molar-refractivity contribution in [1.29, 1.82) is 0 Å². The quantitative estimate of drug-likeness (QED) is 0.227. The van der Waals surface area contributed by atoms with Crippen molar-refractivity contribution in [2.45, 2.75) is 79.2 Å². The number of piperidine rings is 1. The highest BCUT2D eigenvalue weighted by molar-refractivity contribution is 9.10. The maximum Gasteiger partial charge on any atom is 0.232 e. The Morgan fingerprint density at radius 3 is 2.35 bits per heavy atom. The molecule has 4 rings (SSSR count). The van der Waals surface area contributed by atoms with Gasteiger partial charge in [0.1, 0.15) is 0 Å². The zero-order chi connectivity index (χ0) is 28.9. The van der Waals surface area contributed by atoms with Crippen LogP contribution in [0.25, 0.3) is 11.0 Å². The Morgan fingerprint density at radius 1 is 1.00 bits per heavy atom. The predicted octanol–water partition coefficient (Wildman–Crippen LogP) is 7.84. The third kappa shape index (κ3) is 7.67. The number of hydrogen-bond donors (Lipinski definition) is 1. The molecule has 0 spiro atoms. The number of anilines is 2. The topological polar surface area (TPSA) is 53.4 Å². The minimum absolute atomic E-state index is 0.192. The molecule has 40 heavy (non-hydrogen) atoms. The van der Waals surface area contributed by atoms with E-state index in [1.165, 1.54) is 32.4 Å². The van der Waals surface area contributed by atoms with Crippen LogP contribution in [0.5, 0.6) is 0 Å². The maximum atomic E-state index is 14.0. The van der Waals surface area contributed by atoms with E-state index in [1.54, 1.807) is 0 Å². The fourth-order valence-electron chi connectivity index (χ4n) is 5.80. The highest BCUT2D eigenvalue weighted by atomic mass is 79.9. The van der Waals surface area contributed by atoms with Crippen LogP contribution < -0.4 is 5.32 Å². The Morgan fingerprint density at radius 2 is 1.70 bits per heavy atom. The van der Waals surface area contributed by atoms with Gasteiger partial charge in [-0.15, -0.1) is 0 Å². The van der Waals surface area contributed by atoms with E-state index < -0.39 is 5.41 Å². The molecule has 1 aliphatic rings. The van der Waals surface area contributed by atoms with Gasteiger partial charge in [0.05, 0.1) is 16.4 Å². The highest BCUT2D eigenvalue weighted by Crippen LogP contribution is 2.32. The van der Waals surface area contributed by atoms with Crippen molar-refractivity contribution in [2.75, 3.05) is 38.0 Å². The van der Waals surface area contributed by atoms with Crippen molar-refractivity contribution >= 4 is 44.5 Å². The first kappa shape index (κ1) is 30.6. The van der Waals surface area contributed by atoms with Crippen LogP contribution >= 0.6 is 15.9 Å². The van der Waals surface area contributed by atoms with Gasteiger partial charge in [0.15, 0.2) is 0 Å². The fourth-order valence-corrected chi connectivity index (χ4v) is 6.20. The van der Waals surface area contributed by atoms with E-state index in [2.05, 4.69) is 107 Å². The number of aryl methyl sites for hydroxylation is 1. The van der Waals surface area contributed by atoms with Crippen molar-refractivity contribution in [3.05, 3.63) is 52.5 Å². The number of fused-ring (bicyclic) bond motifs is 1. The van der Waals surface area contributed by atoms with E-state index in [4.69, 9.17) is 4.98 Å². The lowest BCUT2D eigenvalue weighted by Gasteiger charge is -2.34. The zero-order valence-electron chi connectivity index (χ0n) is 25.3. The fraction of sp³-hybridized carbons (Fsp3) is 0.576. The summed E-state index contributed by atoms with van der Waals surface area (Å²) < 4.78 is 3.34. The Kier molecular flexibility index (Phi) is 10.3. The molecular weight excluding hydrogens is 562 g/mol. The highest BCUT2D eigenvalue weighted by Gasteiger charge is 2.35. The number of likely N-dealkylation sites (tertiary alicyclic amines) is 1. The molecular formula is C33H48BrN5O. The van der Waals surface area contributed by atoms with E-state index in [9.17, 15) is 4.79 Å². The second-order valence-corrected chi connectivity index (χ2v) is 13.7. The molecule has 1 saturated heterocycles. The van der Waals surface area contributed by atoms with Gasteiger partial charge in [0, 0.05) is 29.8 Å². The molecule has 1 aromatic heterocycles. The normalized spacial score (nSPS) is 14.8. The largest absolute Gasteiger partial charge is 0.341 e. The van der Waals surface area contributed by atoms with Gasteiger partial charge in [-0.25, -0.2) is 4.98 Å². The lowest BCUT2D eigenvalue weighted by atomic mass is 9.82. The molecule has 0 atom stereocenters. The second-order valence-electron chi connectivity index (χ2n) is 12.8. The number of rotatable bonds is 12. The Hall–Kier alpha value is -2.38. The first-order valence-corrected chi connectivity index (χ1v) is 15.9. The molecule has 1 N–H and O–H groups in total. The lowest BCUT2D eigenvalue weighted by Crippen LogP contribution is -2.46. The van der Waals surface area contributed by atoms with Gasteiger partial charge in [-0.05, 0) is 100 Å². The maximum absolute atomic E-state index is 14.0. The molecule has 1 fully saturated rings. The van der Waals surface area contributed by atoms with Crippen molar-refractivity contribution in [2.24, 2.45) is 11.8 Å². The van der Waals surface area contributed by atoms with E-state index in [-0.39, 0.29) is 5.91 Å². The summed E-state index contributed by atoms with van der Waals surface area (Å²) in [5, 5.41) is 3.57. The molecule has 0 saturated carbocycles. The van der Waals surface area contributed by atoms with Crippen molar-refractivity contribution < 1.29 is 4.79 Å². The number of imidazole rings is 1. The van der Waals surface area contributed by atoms with Crippen LogP contribution in [0.1, 0.15) is 72.8 Å². The van der Waals surface area contributed by atoms with Crippen LogP contribution in [0.3, 0.4) is 0 Å². The van der Waals surface area contributed by atoms with Gasteiger partial charge in [0.25, 0.3) is 0 Å². The summed E-state index contributed by atoms with van der Waals surface area (Å²) in [7, 11) is 0. The average Bonchev–Trinajstić information content (AvgIpc) is 3.24. The van der Waals surface area contributed by atoms with Crippen LogP contribution in [-0.4, -0.2) is 58.0 Å². The van der Waals surface area contributed by atoms with Crippen molar-refractivity contribution in [3.63, 3.8) is 0 Å². The summed E-state index contributed by atoms with van der Waals surface area (Å²) in [6.45, 7) is 18.8. The number of aromatic nitrogens is 2. The van der Waals surface area contributed by atoms with Crippen molar-refractivity contribution in [3.8, 4) is 0 Å². The molecule has 3 aromatic rings. The SMILES string of the molecule is CC(C)CN(CC(C)C)C(=O)C(C)(C)c1ccc2nc(Nc3cccc(Br)c3)n(CCCN3CCCCC3)c2c1. The molecule has 7 heteroatoms. The number of nitrogens with zero attached hydrogens (tertiary/aromatic N) is 4. The Labute approximate surface area is 249 Å². The van der Waals surface area contributed by atoms with Gasteiger partial charge in [-0.1, -0.05) is 62.2 Å². The van der Waals surface area contributed by atoms with Crippen LogP contribution in [0.2, 0.25) is 0 Å². The average molecular weight is 611 g/mol. The molecule has 2 heterocycles. The van der Waals surface area contributed by atoms with Crippen LogP contribution in [0, 0.1) is 11.8 Å². The first-order chi connectivity index (χ1) is 19.0. The third-order valence-corrected chi connectivity index (χ3v) is 8.34. The first-order valence-electron chi connectivity index (χ1n) is 15.1. The second kappa shape index (κ2) is 13.5. The molecule has 0 radical (unpaired) electrons. The van der Waals surface area contributed by atoms with E-state index >= 15 is 0 Å². The molecule has 1 amide bonds. The summed E-state index contributed by atoms with van der Waals surface area (Å²) in [5.41, 5.74) is 3.42. The molecule has 0 aliphatic carbocycles. The monoisotopic (exact) mass is 609 g/mol. The molecule has 1 aliphatic heterocycles. The summed E-state index contributed by atoms with van der Waals surface area (Å²) in [6.07, 6.45) is 5.02.